The molecule has 0 unspecified atom stereocenters. The summed E-state index contributed by atoms with van der Waals surface area (Å²) < 4.78 is 0. The SMILES string of the molecule is CCSCC[C@H](N)C(=O)Cl. The fourth-order valence-corrected chi connectivity index (χ4v) is 1.29. The Balaban J connectivity index is 3.21. The van der Waals surface area contributed by atoms with Gasteiger partial charge in [-0.25, -0.2) is 0 Å². The van der Waals surface area contributed by atoms with Gasteiger partial charge in [0.2, 0.25) is 5.24 Å². The van der Waals surface area contributed by atoms with E-state index >= 15 is 0 Å². The number of hydrogen-bond acceptors (Lipinski definition) is 3. The predicted octanol–water partition coefficient (Wildman–Crippen LogP) is 1.22. The molecule has 4 heteroatoms. The van der Waals surface area contributed by atoms with Gasteiger partial charge in [-0.3, -0.25) is 4.79 Å². The molecule has 0 radical (unpaired) electrons. The van der Waals surface area contributed by atoms with Crippen LogP contribution in [0.15, 0.2) is 0 Å². The van der Waals surface area contributed by atoms with Crippen molar-refractivity contribution in [2.24, 2.45) is 5.73 Å². The van der Waals surface area contributed by atoms with Crippen LogP contribution in [0.3, 0.4) is 0 Å². The molecule has 0 bridgehead atoms. The fraction of sp³-hybridized carbons (Fsp3) is 0.833. The molecule has 60 valence electrons. The molecular weight excluding hydrogens is 170 g/mol. The van der Waals surface area contributed by atoms with Gasteiger partial charge in [-0.05, 0) is 29.5 Å². The van der Waals surface area contributed by atoms with Gasteiger partial charge in [-0.1, -0.05) is 6.92 Å². The number of thioether (sulfide) groups is 1. The van der Waals surface area contributed by atoms with Crippen LogP contribution in [0, 0.1) is 0 Å². The van der Waals surface area contributed by atoms with Crippen LogP contribution in [0.5, 0.6) is 0 Å². The van der Waals surface area contributed by atoms with Gasteiger partial charge < -0.3 is 5.73 Å². The van der Waals surface area contributed by atoms with E-state index in [-0.39, 0.29) is 0 Å². The highest BCUT2D eigenvalue weighted by atomic mass is 35.5. The Morgan fingerprint density at radius 1 is 1.80 bits per heavy atom. The Kier molecular flexibility index (Phi) is 6.17. The predicted molar refractivity (Wildman–Crippen MR) is 46.5 cm³/mol. The third-order valence-electron chi connectivity index (χ3n) is 1.07. The van der Waals surface area contributed by atoms with Crippen LogP contribution in [0.25, 0.3) is 0 Å². The molecule has 0 aromatic carbocycles. The lowest BCUT2D eigenvalue weighted by Gasteiger charge is -2.03. The molecule has 0 spiro atoms. The first kappa shape index (κ1) is 10.3. The van der Waals surface area contributed by atoms with E-state index in [0.717, 1.165) is 11.5 Å². The van der Waals surface area contributed by atoms with Crippen LogP contribution in [0.2, 0.25) is 0 Å². The summed E-state index contributed by atoms with van der Waals surface area (Å²) >= 11 is 6.90. The maximum absolute atomic E-state index is 10.4. The molecule has 0 fully saturated rings. The molecule has 0 aliphatic heterocycles. The van der Waals surface area contributed by atoms with Gasteiger partial charge in [0.1, 0.15) is 0 Å². The lowest BCUT2D eigenvalue weighted by molar-refractivity contribution is -0.112. The van der Waals surface area contributed by atoms with E-state index in [1.165, 1.54) is 0 Å². The Morgan fingerprint density at radius 3 is 2.80 bits per heavy atom. The molecule has 2 N–H and O–H groups in total. The highest BCUT2D eigenvalue weighted by Gasteiger charge is 2.08. The van der Waals surface area contributed by atoms with Crippen molar-refractivity contribution in [3.63, 3.8) is 0 Å². The summed E-state index contributed by atoms with van der Waals surface area (Å²) in [6, 6.07) is -0.472. The first-order chi connectivity index (χ1) is 4.68. The van der Waals surface area contributed by atoms with Crippen molar-refractivity contribution in [2.45, 2.75) is 19.4 Å². The van der Waals surface area contributed by atoms with E-state index in [1.807, 2.05) is 0 Å². The number of hydrogen-bond donors (Lipinski definition) is 1. The van der Waals surface area contributed by atoms with E-state index in [2.05, 4.69) is 6.92 Å². The molecule has 0 saturated carbocycles. The van der Waals surface area contributed by atoms with Crippen LogP contribution in [-0.4, -0.2) is 22.8 Å². The van der Waals surface area contributed by atoms with E-state index < -0.39 is 11.3 Å². The fourth-order valence-electron chi connectivity index (χ4n) is 0.468. The zero-order valence-corrected chi connectivity index (χ0v) is 7.54. The van der Waals surface area contributed by atoms with Crippen molar-refractivity contribution in [2.75, 3.05) is 11.5 Å². The maximum Gasteiger partial charge on any atom is 0.238 e. The first-order valence-corrected chi connectivity index (χ1v) is 4.74. The summed E-state index contributed by atoms with van der Waals surface area (Å²) in [5.41, 5.74) is 5.36. The second-order valence-electron chi connectivity index (χ2n) is 1.90. The molecule has 0 aromatic rings. The van der Waals surface area contributed by atoms with Crippen LogP contribution >= 0.6 is 23.4 Å². The van der Waals surface area contributed by atoms with Crippen molar-refractivity contribution in [1.29, 1.82) is 0 Å². The first-order valence-electron chi connectivity index (χ1n) is 3.21. The minimum atomic E-state index is -0.472. The topological polar surface area (TPSA) is 43.1 Å². The van der Waals surface area contributed by atoms with Gasteiger partial charge in [0.25, 0.3) is 0 Å². The Labute approximate surface area is 70.5 Å². The molecule has 0 amide bonds. The van der Waals surface area contributed by atoms with Crippen molar-refractivity contribution in [3.05, 3.63) is 0 Å². The summed E-state index contributed by atoms with van der Waals surface area (Å²) in [5.74, 6) is 1.97. The molecular formula is C6H12ClNOS. The van der Waals surface area contributed by atoms with Gasteiger partial charge >= 0.3 is 0 Å². The molecule has 0 saturated heterocycles. The lowest BCUT2D eigenvalue weighted by Crippen LogP contribution is -2.27. The molecule has 0 aromatic heterocycles. The lowest BCUT2D eigenvalue weighted by atomic mass is 10.3. The normalized spacial score (nSPS) is 13.1. The standard InChI is InChI=1S/C6H12ClNOS/c1-2-10-4-3-5(8)6(7)9/h5H,2-4,8H2,1H3/t5-/m0/s1. The van der Waals surface area contributed by atoms with Gasteiger partial charge in [0.05, 0.1) is 6.04 Å². The molecule has 0 rings (SSSR count). The summed E-state index contributed by atoms with van der Waals surface area (Å²) in [6.45, 7) is 2.07. The Hall–Kier alpha value is 0.270. The molecule has 0 aliphatic rings. The molecule has 1 atom stereocenters. The summed E-state index contributed by atoms with van der Waals surface area (Å²) in [5, 5.41) is -0.434. The van der Waals surface area contributed by atoms with Crippen molar-refractivity contribution in [3.8, 4) is 0 Å². The van der Waals surface area contributed by atoms with Gasteiger partial charge in [0.15, 0.2) is 0 Å². The minimum Gasteiger partial charge on any atom is -0.320 e. The van der Waals surface area contributed by atoms with Crippen molar-refractivity contribution < 1.29 is 4.79 Å². The maximum atomic E-state index is 10.4. The molecule has 10 heavy (non-hydrogen) atoms. The third kappa shape index (κ3) is 5.09. The third-order valence-corrected chi connectivity index (χ3v) is 2.28. The highest BCUT2D eigenvalue weighted by molar-refractivity contribution is 7.99. The van der Waals surface area contributed by atoms with Crippen LogP contribution in [0.4, 0.5) is 0 Å². The summed E-state index contributed by atoms with van der Waals surface area (Å²) in [6.07, 6.45) is 0.681. The van der Waals surface area contributed by atoms with E-state index in [0.29, 0.717) is 6.42 Å². The molecule has 0 aliphatic carbocycles. The van der Waals surface area contributed by atoms with Gasteiger partial charge in [-0.15, -0.1) is 0 Å². The van der Waals surface area contributed by atoms with E-state index in [1.54, 1.807) is 11.8 Å². The minimum absolute atomic E-state index is 0.434. The number of carbonyl (C=O) groups is 1. The van der Waals surface area contributed by atoms with Crippen LogP contribution in [0.1, 0.15) is 13.3 Å². The second kappa shape index (κ2) is 6.01. The zero-order valence-electron chi connectivity index (χ0n) is 5.97. The van der Waals surface area contributed by atoms with Crippen molar-refractivity contribution >= 4 is 28.6 Å². The molecule has 0 heterocycles. The number of halogens is 1. The summed E-state index contributed by atoms with van der Waals surface area (Å²) in [4.78, 5) is 10.4. The monoisotopic (exact) mass is 181 g/mol. The number of carbonyl (C=O) groups excluding carboxylic acids is 1. The largest absolute Gasteiger partial charge is 0.320 e. The average Bonchev–Trinajstić information content (AvgIpc) is 1.88. The van der Waals surface area contributed by atoms with Crippen molar-refractivity contribution in [1.82, 2.24) is 0 Å². The molecule has 2 nitrogen and oxygen atoms in total. The second-order valence-corrected chi connectivity index (χ2v) is 3.66. The van der Waals surface area contributed by atoms with E-state index in [9.17, 15) is 4.79 Å². The smallest absolute Gasteiger partial charge is 0.238 e. The summed E-state index contributed by atoms with van der Waals surface area (Å²) in [7, 11) is 0. The number of nitrogens with two attached hydrogens (primary N) is 1. The zero-order chi connectivity index (χ0) is 7.98. The van der Waals surface area contributed by atoms with Crippen LogP contribution < -0.4 is 5.73 Å². The van der Waals surface area contributed by atoms with Crippen LogP contribution in [-0.2, 0) is 4.79 Å². The highest BCUT2D eigenvalue weighted by Crippen LogP contribution is 2.04. The van der Waals surface area contributed by atoms with E-state index in [4.69, 9.17) is 17.3 Å². The number of rotatable bonds is 5. The Bertz CT molecular complexity index is 110. The van der Waals surface area contributed by atoms with Gasteiger partial charge in [-0.2, -0.15) is 11.8 Å². The Morgan fingerprint density at radius 2 is 2.40 bits per heavy atom. The average molecular weight is 182 g/mol. The quantitative estimate of drug-likeness (QED) is 0.513. The van der Waals surface area contributed by atoms with Gasteiger partial charge in [0, 0.05) is 0 Å².